The Morgan fingerprint density at radius 2 is 0.891 bits per heavy atom. The number of para-hydroxylation sites is 3. The molecular weight excluding hydrogens is 775 g/mol. The molecule has 0 fully saturated rings. The van der Waals surface area contributed by atoms with Crippen molar-refractivity contribution in [3.05, 3.63) is 235 Å². The summed E-state index contributed by atoms with van der Waals surface area (Å²) >= 11 is 0. The second-order valence-corrected chi connectivity index (χ2v) is 17.3. The van der Waals surface area contributed by atoms with Crippen LogP contribution in [-0.2, 0) is 5.41 Å². The summed E-state index contributed by atoms with van der Waals surface area (Å²) in [5.41, 5.74) is 20.7. The maximum atomic E-state index is 5.63. The van der Waals surface area contributed by atoms with Crippen molar-refractivity contribution in [3.8, 4) is 56.4 Å². The molecule has 3 aromatic heterocycles. The third-order valence-corrected chi connectivity index (χ3v) is 14.1. The molecule has 0 radical (unpaired) electrons. The molecule has 0 saturated heterocycles. The highest BCUT2D eigenvalue weighted by Gasteiger charge is 2.51. The van der Waals surface area contributed by atoms with Crippen LogP contribution in [0.3, 0.4) is 0 Å². The standard InChI is InChI=1S/C59H37BN4/c60-50-34-45-42-24-10-15-29-53(42)64(56(45)55-43-25-11-16-30-54(43)63(57(50)55)38-19-5-2-6-20-38)58-61-51(36-17-3-1-4-18-36)35-52(62-58)37-31-32-49-44(33-37)41-23-9-14-28-48(41)59(49)46-26-12-7-21-39(46)40-22-8-13-27-47(40)59/h1-35H,60H2. The molecule has 2 aliphatic carbocycles. The lowest BCUT2D eigenvalue weighted by Gasteiger charge is -2.30. The zero-order valence-electron chi connectivity index (χ0n) is 35.0. The van der Waals surface area contributed by atoms with Crippen LogP contribution >= 0.6 is 0 Å². The Labute approximate surface area is 370 Å². The predicted octanol–water partition coefficient (Wildman–Crippen LogP) is 12.6. The third kappa shape index (κ3) is 4.62. The van der Waals surface area contributed by atoms with E-state index in [0.29, 0.717) is 5.95 Å². The Bertz CT molecular complexity index is 3870. The zero-order valence-corrected chi connectivity index (χ0v) is 35.0. The SMILES string of the molecule is Bc1cc2c3ccccc3n(-c3nc(-c4ccccc4)cc(-c4ccc5c(c4)-c4ccccc4C54c5ccccc5-c5ccccc54)n3)c2c2c3ccccc3n(-c3ccccc3)c12. The lowest BCUT2D eigenvalue weighted by molar-refractivity contribution is 0.794. The average molecular weight is 813 g/mol. The van der Waals surface area contributed by atoms with E-state index in [1.807, 2.05) is 0 Å². The first-order valence-electron chi connectivity index (χ1n) is 22.1. The summed E-state index contributed by atoms with van der Waals surface area (Å²) in [4.78, 5) is 11.1. The molecule has 64 heavy (non-hydrogen) atoms. The molecular formula is C59H37BN4. The summed E-state index contributed by atoms with van der Waals surface area (Å²) < 4.78 is 4.75. The summed E-state index contributed by atoms with van der Waals surface area (Å²) in [5, 5.41) is 4.74. The van der Waals surface area contributed by atoms with Crippen molar-refractivity contribution in [2.75, 3.05) is 0 Å². The predicted molar refractivity (Wildman–Crippen MR) is 266 cm³/mol. The molecule has 12 aromatic rings. The second kappa shape index (κ2) is 13.1. The van der Waals surface area contributed by atoms with Gasteiger partial charge in [0.25, 0.3) is 0 Å². The van der Waals surface area contributed by atoms with Gasteiger partial charge in [-0.1, -0.05) is 181 Å². The average Bonchev–Trinajstić information content (AvgIpc) is 4.07. The Morgan fingerprint density at radius 3 is 1.56 bits per heavy atom. The maximum absolute atomic E-state index is 5.63. The van der Waals surface area contributed by atoms with Gasteiger partial charge in [-0.2, -0.15) is 0 Å². The molecule has 0 atom stereocenters. The first-order valence-corrected chi connectivity index (χ1v) is 22.1. The van der Waals surface area contributed by atoms with Crippen LogP contribution < -0.4 is 5.46 Å². The lowest BCUT2D eigenvalue weighted by atomic mass is 9.70. The van der Waals surface area contributed by atoms with Crippen LogP contribution in [0, 0.1) is 0 Å². The Kier molecular flexibility index (Phi) is 7.24. The van der Waals surface area contributed by atoms with Crippen LogP contribution in [0.5, 0.6) is 0 Å². The van der Waals surface area contributed by atoms with Crippen LogP contribution in [0.2, 0.25) is 0 Å². The molecule has 296 valence electrons. The monoisotopic (exact) mass is 812 g/mol. The highest BCUT2D eigenvalue weighted by Crippen LogP contribution is 2.63. The first-order chi connectivity index (χ1) is 31.7. The van der Waals surface area contributed by atoms with Gasteiger partial charge in [-0.3, -0.25) is 4.57 Å². The van der Waals surface area contributed by atoms with Gasteiger partial charge in [0.1, 0.15) is 7.85 Å². The van der Waals surface area contributed by atoms with Crippen LogP contribution in [0.1, 0.15) is 22.3 Å². The number of nitrogens with zero attached hydrogens (tertiary/aromatic N) is 4. The minimum absolute atomic E-state index is 0.408. The molecule has 0 amide bonds. The Morgan fingerprint density at radius 1 is 0.375 bits per heavy atom. The minimum Gasteiger partial charge on any atom is -0.310 e. The summed E-state index contributed by atoms with van der Waals surface area (Å²) in [6.07, 6.45) is 0. The van der Waals surface area contributed by atoms with Crippen molar-refractivity contribution < 1.29 is 0 Å². The van der Waals surface area contributed by atoms with Crippen molar-refractivity contribution in [3.63, 3.8) is 0 Å². The molecule has 14 rings (SSSR count). The summed E-state index contributed by atoms with van der Waals surface area (Å²) in [6.45, 7) is 0. The quantitative estimate of drug-likeness (QED) is 0.166. The topological polar surface area (TPSA) is 35.6 Å². The summed E-state index contributed by atoms with van der Waals surface area (Å²) in [6, 6.07) is 77.3. The normalized spacial score (nSPS) is 13.2. The van der Waals surface area contributed by atoms with Gasteiger partial charge >= 0.3 is 0 Å². The van der Waals surface area contributed by atoms with E-state index in [1.165, 1.54) is 82.5 Å². The molecule has 5 heteroatoms. The first kappa shape index (κ1) is 35.3. The number of hydrogen-bond donors (Lipinski definition) is 0. The molecule has 2 aliphatic rings. The molecule has 0 aliphatic heterocycles. The third-order valence-electron chi connectivity index (χ3n) is 14.1. The maximum Gasteiger partial charge on any atom is 0.235 e. The Balaban J connectivity index is 1.06. The molecule has 0 bridgehead atoms. The van der Waals surface area contributed by atoms with Crippen molar-refractivity contribution in [2.45, 2.75) is 5.41 Å². The van der Waals surface area contributed by atoms with E-state index in [9.17, 15) is 0 Å². The highest BCUT2D eigenvalue weighted by atomic mass is 15.2. The van der Waals surface area contributed by atoms with E-state index < -0.39 is 5.41 Å². The fourth-order valence-electron chi connectivity index (χ4n) is 11.5. The molecule has 4 nitrogen and oxygen atoms in total. The van der Waals surface area contributed by atoms with E-state index in [4.69, 9.17) is 9.97 Å². The van der Waals surface area contributed by atoms with E-state index in [2.05, 4.69) is 229 Å². The molecule has 0 N–H and O–H groups in total. The van der Waals surface area contributed by atoms with Crippen molar-refractivity contribution >= 4 is 56.9 Å². The number of benzene rings is 9. The van der Waals surface area contributed by atoms with E-state index in [1.54, 1.807) is 0 Å². The number of aromatic nitrogens is 4. The van der Waals surface area contributed by atoms with Gasteiger partial charge in [-0.25, -0.2) is 9.97 Å². The van der Waals surface area contributed by atoms with Crippen molar-refractivity contribution in [2.24, 2.45) is 0 Å². The lowest BCUT2D eigenvalue weighted by Crippen LogP contribution is -2.25. The highest BCUT2D eigenvalue weighted by molar-refractivity contribution is 6.44. The van der Waals surface area contributed by atoms with Crippen LogP contribution in [0.15, 0.2) is 212 Å². The van der Waals surface area contributed by atoms with Gasteiger partial charge < -0.3 is 4.57 Å². The smallest absolute Gasteiger partial charge is 0.235 e. The van der Waals surface area contributed by atoms with Crippen LogP contribution in [-0.4, -0.2) is 26.9 Å². The molecule has 9 aromatic carbocycles. The van der Waals surface area contributed by atoms with E-state index in [-0.39, 0.29) is 0 Å². The van der Waals surface area contributed by atoms with E-state index >= 15 is 0 Å². The van der Waals surface area contributed by atoms with Crippen LogP contribution in [0.4, 0.5) is 0 Å². The van der Waals surface area contributed by atoms with Gasteiger partial charge in [-0.05, 0) is 80.9 Å². The number of rotatable bonds is 4. The van der Waals surface area contributed by atoms with Crippen molar-refractivity contribution in [1.82, 2.24) is 19.1 Å². The minimum atomic E-state index is -0.408. The fraction of sp³-hybridized carbons (Fsp3) is 0.0169. The van der Waals surface area contributed by atoms with Gasteiger partial charge in [0, 0.05) is 43.9 Å². The van der Waals surface area contributed by atoms with E-state index in [0.717, 1.165) is 39.2 Å². The zero-order chi connectivity index (χ0) is 42.1. The molecule has 1 spiro atoms. The van der Waals surface area contributed by atoms with Gasteiger partial charge in [0.2, 0.25) is 5.95 Å². The van der Waals surface area contributed by atoms with Gasteiger partial charge in [0.05, 0.1) is 33.4 Å². The molecule has 0 saturated carbocycles. The summed E-state index contributed by atoms with van der Waals surface area (Å²) in [7, 11) is 2.25. The molecule has 3 heterocycles. The van der Waals surface area contributed by atoms with Gasteiger partial charge in [0.15, 0.2) is 0 Å². The second-order valence-electron chi connectivity index (χ2n) is 17.3. The molecule has 0 unspecified atom stereocenters. The van der Waals surface area contributed by atoms with Gasteiger partial charge in [-0.15, -0.1) is 0 Å². The Hall–Kier alpha value is -8.28. The fourth-order valence-corrected chi connectivity index (χ4v) is 11.5. The van der Waals surface area contributed by atoms with Crippen molar-refractivity contribution in [1.29, 1.82) is 0 Å². The van der Waals surface area contributed by atoms with Crippen LogP contribution in [0.25, 0.3) is 100 Å². The largest absolute Gasteiger partial charge is 0.310 e. The summed E-state index contributed by atoms with van der Waals surface area (Å²) in [5.74, 6) is 0.639. The number of fused-ring (bicyclic) bond motifs is 17. The number of hydrogen-bond acceptors (Lipinski definition) is 2.